The predicted octanol–water partition coefficient (Wildman–Crippen LogP) is 3.91. The van der Waals surface area contributed by atoms with Crippen molar-refractivity contribution in [2.24, 2.45) is 11.7 Å². The Balaban J connectivity index is 1.97. The Morgan fingerprint density at radius 3 is 2.55 bits per heavy atom. The van der Waals surface area contributed by atoms with Gasteiger partial charge in [-0.2, -0.15) is 0 Å². The van der Waals surface area contributed by atoms with Crippen LogP contribution in [-0.2, 0) is 4.79 Å². The number of nitrogens with two attached hydrogens (primary N) is 2. The molecule has 1 amide bonds. The molecule has 3 rings (SSSR count). The molecule has 5 N–H and O–H groups in total. The van der Waals surface area contributed by atoms with Gasteiger partial charge in [-0.25, -0.2) is 4.39 Å². The number of aryl methyl sites for hydroxylation is 1. The second-order valence-electron chi connectivity index (χ2n) is 7.78. The van der Waals surface area contributed by atoms with Crippen molar-refractivity contribution in [2.75, 3.05) is 5.73 Å². The monoisotopic (exact) mass is 417 g/mol. The Morgan fingerprint density at radius 1 is 1.28 bits per heavy atom. The maximum absolute atomic E-state index is 15.5. The quantitative estimate of drug-likeness (QED) is 0.448. The van der Waals surface area contributed by atoms with Gasteiger partial charge in [0.2, 0.25) is 5.91 Å². The fourth-order valence-corrected chi connectivity index (χ4v) is 3.79. The number of halogens is 2. The third kappa shape index (κ3) is 4.77. The average Bonchev–Trinajstić information content (AvgIpc) is 3.47. The van der Waals surface area contributed by atoms with Gasteiger partial charge < -0.3 is 16.8 Å². The molecule has 1 aliphatic rings. The second-order valence-corrected chi connectivity index (χ2v) is 8.19. The minimum atomic E-state index is -0.632. The van der Waals surface area contributed by atoms with Crippen LogP contribution in [0.3, 0.4) is 0 Å². The van der Waals surface area contributed by atoms with Crippen LogP contribution in [0.15, 0.2) is 30.3 Å². The van der Waals surface area contributed by atoms with Crippen molar-refractivity contribution < 1.29 is 14.0 Å². The van der Waals surface area contributed by atoms with Gasteiger partial charge in [0.15, 0.2) is 5.78 Å². The summed E-state index contributed by atoms with van der Waals surface area (Å²) in [6.07, 6.45) is 2.04. The minimum absolute atomic E-state index is 0.0606. The highest BCUT2D eigenvalue weighted by Gasteiger charge is 2.36. The standard InChI is InChI=1S/C22H25ClFN3O2/c1-11-9-14(5-8-17(11)25)22(29)19-16(23)7-6-15(20(19)24)21(13-3-4-13)27-12(2)10-18(26)28/h5-9,12-13,21,27H,3-4,10,25H2,1-2H3,(H2,26,28)/t12-,21?/m0/s1. The van der Waals surface area contributed by atoms with E-state index in [-0.39, 0.29) is 35.0 Å². The topological polar surface area (TPSA) is 98.2 Å². The molecular formula is C22H25ClFN3O2. The molecule has 5 nitrogen and oxygen atoms in total. The number of nitrogens with one attached hydrogen (secondary N) is 1. The Morgan fingerprint density at radius 2 is 1.97 bits per heavy atom. The van der Waals surface area contributed by atoms with Gasteiger partial charge in [0.05, 0.1) is 10.6 Å². The lowest BCUT2D eigenvalue weighted by atomic mass is 9.94. The number of carbonyl (C=O) groups excluding carboxylic acids is 2. The molecule has 2 aromatic rings. The van der Waals surface area contributed by atoms with Crippen LogP contribution in [0.2, 0.25) is 5.02 Å². The van der Waals surface area contributed by atoms with Crippen molar-refractivity contribution in [1.29, 1.82) is 0 Å². The first kappa shape index (κ1) is 21.3. The van der Waals surface area contributed by atoms with Gasteiger partial charge in [-0.1, -0.05) is 17.7 Å². The molecule has 7 heteroatoms. The van der Waals surface area contributed by atoms with Crippen LogP contribution in [0.1, 0.15) is 59.3 Å². The van der Waals surface area contributed by atoms with E-state index in [4.69, 9.17) is 23.1 Å². The zero-order valence-electron chi connectivity index (χ0n) is 16.5. The fourth-order valence-electron chi connectivity index (χ4n) is 3.55. The number of amides is 1. The zero-order chi connectivity index (χ0) is 21.3. The number of primary amides is 1. The molecule has 2 atom stereocenters. The van der Waals surface area contributed by atoms with Gasteiger partial charge >= 0.3 is 0 Å². The molecule has 0 aromatic heterocycles. The summed E-state index contributed by atoms with van der Waals surface area (Å²) in [6, 6.07) is 7.44. The summed E-state index contributed by atoms with van der Waals surface area (Å²) in [5, 5.41) is 3.36. The zero-order valence-corrected chi connectivity index (χ0v) is 17.2. The SMILES string of the molecule is Cc1cc(C(=O)c2c(Cl)ccc(C(N[C@@H](C)CC(N)=O)C3CC3)c2F)ccc1N. The van der Waals surface area contributed by atoms with Crippen molar-refractivity contribution in [2.45, 2.75) is 45.2 Å². The molecular weight excluding hydrogens is 393 g/mol. The van der Waals surface area contributed by atoms with E-state index in [1.807, 2.05) is 6.92 Å². The van der Waals surface area contributed by atoms with Crippen LogP contribution >= 0.6 is 11.6 Å². The van der Waals surface area contributed by atoms with E-state index in [1.165, 1.54) is 0 Å². The van der Waals surface area contributed by atoms with Gasteiger partial charge in [0.25, 0.3) is 0 Å². The number of carbonyl (C=O) groups is 2. The van der Waals surface area contributed by atoms with Gasteiger partial charge in [0, 0.05) is 35.3 Å². The largest absolute Gasteiger partial charge is 0.399 e. The lowest BCUT2D eigenvalue weighted by molar-refractivity contribution is -0.118. The molecule has 0 heterocycles. The fraction of sp³-hybridized carbons (Fsp3) is 0.364. The lowest BCUT2D eigenvalue weighted by Gasteiger charge is -2.24. The van der Waals surface area contributed by atoms with Crippen LogP contribution in [0.5, 0.6) is 0 Å². The van der Waals surface area contributed by atoms with Gasteiger partial charge in [-0.3, -0.25) is 9.59 Å². The van der Waals surface area contributed by atoms with Crippen molar-refractivity contribution in [1.82, 2.24) is 5.32 Å². The molecule has 0 aliphatic heterocycles. The van der Waals surface area contributed by atoms with Crippen LogP contribution in [0, 0.1) is 18.7 Å². The van der Waals surface area contributed by atoms with Crippen LogP contribution < -0.4 is 16.8 Å². The van der Waals surface area contributed by atoms with E-state index in [9.17, 15) is 9.59 Å². The third-order valence-corrected chi connectivity index (χ3v) is 5.59. The highest BCUT2D eigenvalue weighted by molar-refractivity contribution is 6.35. The minimum Gasteiger partial charge on any atom is -0.399 e. The lowest BCUT2D eigenvalue weighted by Crippen LogP contribution is -2.35. The molecule has 0 radical (unpaired) electrons. The summed E-state index contributed by atoms with van der Waals surface area (Å²) in [5.41, 5.74) is 12.9. The molecule has 0 bridgehead atoms. The molecule has 1 fully saturated rings. The van der Waals surface area contributed by atoms with Crippen LogP contribution in [0.25, 0.3) is 0 Å². The molecule has 2 aromatic carbocycles. The number of benzene rings is 2. The maximum atomic E-state index is 15.5. The first-order valence-corrected chi connectivity index (χ1v) is 10.00. The van der Waals surface area contributed by atoms with E-state index in [2.05, 4.69) is 5.32 Å². The summed E-state index contributed by atoms with van der Waals surface area (Å²) in [6.45, 7) is 3.62. The molecule has 0 saturated heterocycles. The summed E-state index contributed by atoms with van der Waals surface area (Å²) in [7, 11) is 0. The van der Waals surface area contributed by atoms with Crippen molar-refractivity contribution in [3.05, 3.63) is 63.4 Å². The van der Waals surface area contributed by atoms with E-state index in [0.717, 1.165) is 18.4 Å². The molecule has 1 saturated carbocycles. The van der Waals surface area contributed by atoms with Crippen molar-refractivity contribution >= 4 is 29.0 Å². The molecule has 154 valence electrons. The Hall–Kier alpha value is -2.44. The number of rotatable bonds is 8. The Bertz CT molecular complexity index is 959. The summed E-state index contributed by atoms with van der Waals surface area (Å²) >= 11 is 6.22. The highest BCUT2D eigenvalue weighted by atomic mass is 35.5. The molecule has 29 heavy (non-hydrogen) atoms. The average molecular weight is 418 g/mol. The van der Waals surface area contributed by atoms with E-state index in [1.54, 1.807) is 37.3 Å². The normalized spacial score (nSPS) is 15.7. The smallest absolute Gasteiger partial charge is 0.218 e. The van der Waals surface area contributed by atoms with Crippen molar-refractivity contribution in [3.63, 3.8) is 0 Å². The number of ketones is 1. The maximum Gasteiger partial charge on any atom is 0.218 e. The van der Waals surface area contributed by atoms with E-state index in [0.29, 0.717) is 16.8 Å². The van der Waals surface area contributed by atoms with Crippen molar-refractivity contribution in [3.8, 4) is 0 Å². The summed E-state index contributed by atoms with van der Waals surface area (Å²) < 4.78 is 15.5. The highest BCUT2D eigenvalue weighted by Crippen LogP contribution is 2.43. The van der Waals surface area contributed by atoms with E-state index >= 15 is 4.39 Å². The second kappa shape index (κ2) is 8.51. The number of hydrogen-bond donors (Lipinski definition) is 3. The first-order chi connectivity index (χ1) is 13.7. The summed E-state index contributed by atoms with van der Waals surface area (Å²) in [5.74, 6) is -1.31. The number of hydrogen-bond acceptors (Lipinski definition) is 4. The van der Waals surface area contributed by atoms with Crippen LogP contribution in [0.4, 0.5) is 10.1 Å². The van der Waals surface area contributed by atoms with Crippen LogP contribution in [-0.4, -0.2) is 17.7 Å². The van der Waals surface area contributed by atoms with Gasteiger partial charge in [-0.15, -0.1) is 0 Å². The molecule has 0 spiro atoms. The van der Waals surface area contributed by atoms with E-state index < -0.39 is 17.5 Å². The van der Waals surface area contributed by atoms with Gasteiger partial charge in [0.1, 0.15) is 5.82 Å². The Kier molecular flexibility index (Phi) is 6.24. The molecule has 1 aliphatic carbocycles. The number of nitrogen functional groups attached to an aromatic ring is 1. The Labute approximate surface area is 174 Å². The first-order valence-electron chi connectivity index (χ1n) is 9.62. The van der Waals surface area contributed by atoms with Gasteiger partial charge in [-0.05, 0) is 62.4 Å². The third-order valence-electron chi connectivity index (χ3n) is 5.28. The molecule has 1 unspecified atom stereocenters. The summed E-state index contributed by atoms with van der Waals surface area (Å²) in [4.78, 5) is 24.2. The predicted molar refractivity (Wildman–Crippen MR) is 112 cm³/mol. The number of anilines is 1.